The minimum Gasteiger partial charge on any atom is -0.345 e. The average Bonchev–Trinajstić information content (AvgIpc) is 3.32. The second-order valence-electron chi connectivity index (χ2n) is 9.35. The molecule has 1 N–H and O–H groups in total. The SMILES string of the molecule is O=C(Nc1ccc(C(=O)N2Cc3cccn3Cc3ccccc32)c(Cl)c1)c1cc(F)ccc1-c1ccccc1. The monoisotopic (exact) mass is 535 g/mol. The molecule has 7 heteroatoms. The van der Waals surface area contributed by atoms with E-state index in [2.05, 4.69) is 9.88 Å². The summed E-state index contributed by atoms with van der Waals surface area (Å²) < 4.78 is 16.2. The zero-order chi connectivity index (χ0) is 26.9. The molecule has 0 saturated heterocycles. The number of nitrogens with one attached hydrogen (secondary N) is 1. The molecule has 1 aromatic heterocycles. The third-order valence-electron chi connectivity index (χ3n) is 6.88. The molecule has 4 aromatic carbocycles. The zero-order valence-electron chi connectivity index (χ0n) is 20.8. The quantitative estimate of drug-likeness (QED) is 0.260. The number of halogens is 2. The number of hydrogen-bond donors (Lipinski definition) is 1. The third-order valence-corrected chi connectivity index (χ3v) is 7.19. The summed E-state index contributed by atoms with van der Waals surface area (Å²) in [4.78, 5) is 28.7. The van der Waals surface area contributed by atoms with E-state index < -0.39 is 11.7 Å². The normalized spacial score (nSPS) is 12.3. The van der Waals surface area contributed by atoms with Crippen LogP contribution in [0.3, 0.4) is 0 Å². The summed E-state index contributed by atoms with van der Waals surface area (Å²) in [5.74, 6) is -1.23. The fraction of sp³-hybridized carbons (Fsp3) is 0.0625. The van der Waals surface area contributed by atoms with Gasteiger partial charge in [0, 0.05) is 29.8 Å². The van der Waals surface area contributed by atoms with E-state index in [0.717, 1.165) is 22.5 Å². The molecule has 5 nitrogen and oxygen atoms in total. The predicted molar refractivity (Wildman–Crippen MR) is 152 cm³/mol. The van der Waals surface area contributed by atoms with Gasteiger partial charge < -0.3 is 14.8 Å². The van der Waals surface area contributed by atoms with E-state index in [4.69, 9.17) is 11.6 Å². The van der Waals surface area contributed by atoms with Gasteiger partial charge in [0.15, 0.2) is 0 Å². The molecule has 1 aliphatic heterocycles. The van der Waals surface area contributed by atoms with Crippen LogP contribution in [0.2, 0.25) is 5.02 Å². The Hall–Kier alpha value is -4.68. The van der Waals surface area contributed by atoms with Gasteiger partial charge in [0.25, 0.3) is 11.8 Å². The fourth-order valence-corrected chi connectivity index (χ4v) is 5.21. The maximum absolute atomic E-state index is 14.1. The number of amides is 2. The molecule has 0 saturated carbocycles. The van der Waals surface area contributed by atoms with Crippen LogP contribution in [0.4, 0.5) is 15.8 Å². The summed E-state index contributed by atoms with van der Waals surface area (Å²) in [6, 6.07) is 30.0. The van der Waals surface area contributed by atoms with E-state index >= 15 is 0 Å². The number of fused-ring (bicyclic) bond motifs is 2. The highest BCUT2D eigenvalue weighted by atomic mass is 35.5. The van der Waals surface area contributed by atoms with Gasteiger partial charge in [-0.15, -0.1) is 0 Å². The van der Waals surface area contributed by atoms with E-state index in [1.165, 1.54) is 12.1 Å². The Morgan fingerprint density at radius 1 is 0.795 bits per heavy atom. The van der Waals surface area contributed by atoms with Crippen LogP contribution in [0, 0.1) is 5.82 Å². The van der Waals surface area contributed by atoms with Gasteiger partial charge in [0.2, 0.25) is 0 Å². The van der Waals surface area contributed by atoms with Gasteiger partial charge in [-0.25, -0.2) is 4.39 Å². The van der Waals surface area contributed by atoms with Crippen LogP contribution in [0.15, 0.2) is 109 Å². The number of anilines is 2. The molecule has 0 unspecified atom stereocenters. The van der Waals surface area contributed by atoms with Gasteiger partial charge in [-0.3, -0.25) is 9.59 Å². The number of aromatic nitrogens is 1. The molecule has 0 radical (unpaired) electrons. The molecule has 2 heterocycles. The largest absolute Gasteiger partial charge is 0.345 e. The zero-order valence-corrected chi connectivity index (χ0v) is 21.5. The smallest absolute Gasteiger partial charge is 0.260 e. The summed E-state index contributed by atoms with van der Waals surface area (Å²) in [7, 11) is 0. The topological polar surface area (TPSA) is 54.3 Å². The number of nitrogens with zero attached hydrogens (tertiary/aromatic N) is 2. The molecule has 0 fully saturated rings. The lowest BCUT2D eigenvalue weighted by Gasteiger charge is -2.23. The molecule has 0 spiro atoms. The summed E-state index contributed by atoms with van der Waals surface area (Å²) >= 11 is 6.61. The Morgan fingerprint density at radius 3 is 2.41 bits per heavy atom. The Labute approximate surface area is 230 Å². The lowest BCUT2D eigenvalue weighted by Crippen LogP contribution is -2.30. The van der Waals surface area contributed by atoms with Crippen molar-refractivity contribution in [1.29, 1.82) is 0 Å². The van der Waals surface area contributed by atoms with Gasteiger partial charge in [0.1, 0.15) is 5.82 Å². The van der Waals surface area contributed by atoms with Gasteiger partial charge in [-0.05, 0) is 65.2 Å². The Bertz CT molecular complexity index is 1710. The highest BCUT2D eigenvalue weighted by molar-refractivity contribution is 6.35. The second-order valence-corrected chi connectivity index (χ2v) is 9.76. The van der Waals surface area contributed by atoms with E-state index in [0.29, 0.717) is 29.9 Å². The highest BCUT2D eigenvalue weighted by Crippen LogP contribution is 2.32. The maximum atomic E-state index is 14.1. The van der Waals surface area contributed by atoms with Gasteiger partial charge >= 0.3 is 0 Å². The molecule has 2 amide bonds. The van der Waals surface area contributed by atoms with Crippen LogP contribution in [0.5, 0.6) is 0 Å². The highest BCUT2D eigenvalue weighted by Gasteiger charge is 2.26. The van der Waals surface area contributed by atoms with E-state index in [-0.39, 0.29) is 16.5 Å². The van der Waals surface area contributed by atoms with Crippen molar-refractivity contribution in [3.8, 4) is 11.1 Å². The number of carbonyl (C=O) groups is 2. The van der Waals surface area contributed by atoms with Crippen LogP contribution >= 0.6 is 11.6 Å². The first-order chi connectivity index (χ1) is 19.0. The van der Waals surface area contributed by atoms with Crippen molar-refractivity contribution in [3.63, 3.8) is 0 Å². The summed E-state index contributed by atoms with van der Waals surface area (Å²) in [6.45, 7) is 1.07. The van der Waals surface area contributed by atoms with Crippen molar-refractivity contribution < 1.29 is 14.0 Å². The first kappa shape index (κ1) is 24.6. The molecule has 192 valence electrons. The Kier molecular flexibility index (Phi) is 6.47. The van der Waals surface area contributed by atoms with Crippen molar-refractivity contribution >= 4 is 34.8 Å². The molecule has 0 atom stereocenters. The van der Waals surface area contributed by atoms with Crippen molar-refractivity contribution in [1.82, 2.24) is 4.57 Å². The molecule has 0 bridgehead atoms. The molecule has 1 aliphatic rings. The lowest BCUT2D eigenvalue weighted by molar-refractivity contribution is 0.0984. The van der Waals surface area contributed by atoms with Crippen LogP contribution < -0.4 is 10.2 Å². The van der Waals surface area contributed by atoms with Crippen LogP contribution in [0.1, 0.15) is 32.0 Å². The maximum Gasteiger partial charge on any atom is 0.260 e. The lowest BCUT2D eigenvalue weighted by atomic mass is 9.99. The third kappa shape index (κ3) is 4.82. The molecule has 39 heavy (non-hydrogen) atoms. The van der Waals surface area contributed by atoms with Crippen LogP contribution in [0.25, 0.3) is 11.1 Å². The second kappa shape index (κ2) is 10.2. The van der Waals surface area contributed by atoms with Crippen LogP contribution in [-0.2, 0) is 13.1 Å². The van der Waals surface area contributed by atoms with Crippen molar-refractivity contribution in [3.05, 3.63) is 143 Å². The minimum atomic E-state index is -0.511. The van der Waals surface area contributed by atoms with E-state index in [9.17, 15) is 14.0 Å². The van der Waals surface area contributed by atoms with Crippen molar-refractivity contribution in [2.24, 2.45) is 0 Å². The first-order valence-electron chi connectivity index (χ1n) is 12.5. The summed E-state index contributed by atoms with van der Waals surface area (Å²) in [5.41, 5.74) is 5.20. The van der Waals surface area contributed by atoms with Gasteiger partial charge in [-0.1, -0.05) is 66.2 Å². The van der Waals surface area contributed by atoms with Gasteiger partial charge in [0.05, 0.1) is 22.7 Å². The Morgan fingerprint density at radius 2 is 1.59 bits per heavy atom. The average molecular weight is 536 g/mol. The molecular weight excluding hydrogens is 513 g/mol. The predicted octanol–water partition coefficient (Wildman–Crippen LogP) is 7.41. The van der Waals surface area contributed by atoms with Crippen LogP contribution in [-0.4, -0.2) is 16.4 Å². The van der Waals surface area contributed by atoms with E-state index in [1.54, 1.807) is 29.2 Å². The van der Waals surface area contributed by atoms with Crippen molar-refractivity contribution in [2.45, 2.75) is 13.1 Å². The minimum absolute atomic E-state index is 0.196. The molecular formula is C32H23ClFN3O2. The number of benzene rings is 4. The van der Waals surface area contributed by atoms with Crippen molar-refractivity contribution in [2.75, 3.05) is 10.2 Å². The number of carbonyl (C=O) groups excluding carboxylic acids is 2. The number of rotatable bonds is 4. The molecule has 5 aromatic rings. The standard InChI is InChI=1S/C32H23ClFN3O2/c33-29-18-24(35-31(38)28-17-23(34)12-14-26(28)21-7-2-1-3-8-21)13-15-27(29)32(39)37-20-25-10-6-16-36(25)19-22-9-4-5-11-30(22)37/h1-18H,19-20H2,(H,35,38). The van der Waals surface area contributed by atoms with Gasteiger partial charge in [-0.2, -0.15) is 0 Å². The number of hydrogen-bond acceptors (Lipinski definition) is 2. The molecule has 6 rings (SSSR count). The molecule has 0 aliphatic carbocycles. The van der Waals surface area contributed by atoms with E-state index in [1.807, 2.05) is 72.9 Å². The summed E-state index contributed by atoms with van der Waals surface area (Å²) in [5, 5.41) is 3.00. The first-order valence-corrected chi connectivity index (χ1v) is 12.9. The fourth-order valence-electron chi connectivity index (χ4n) is 4.95. The Balaban J connectivity index is 1.28. The number of para-hydroxylation sites is 1. The summed E-state index contributed by atoms with van der Waals surface area (Å²) in [6.07, 6.45) is 2.01.